The Morgan fingerprint density at radius 2 is 2.12 bits per heavy atom. The first kappa shape index (κ1) is 19.3. The summed E-state index contributed by atoms with van der Waals surface area (Å²) >= 11 is 0. The molecule has 146 valence electrons. The predicted molar refractivity (Wildman–Crippen MR) is 101 cm³/mol. The zero-order valence-corrected chi connectivity index (χ0v) is 16.2. The second kappa shape index (κ2) is 9.48. The minimum absolute atomic E-state index is 0.133. The summed E-state index contributed by atoms with van der Waals surface area (Å²) < 4.78 is 6.88. The minimum Gasteiger partial charge on any atom is -0.383 e. The fraction of sp³-hybridized carbons (Fsp3) is 0.789. The Bertz CT molecular complexity index is 568. The predicted octanol–water partition coefficient (Wildman–Crippen LogP) is 0.859. The van der Waals surface area contributed by atoms with Crippen LogP contribution >= 0.6 is 0 Å². The van der Waals surface area contributed by atoms with Crippen LogP contribution in [0.15, 0.2) is 12.4 Å². The van der Waals surface area contributed by atoms with Crippen molar-refractivity contribution in [3.63, 3.8) is 0 Å². The Hall–Kier alpha value is -1.44. The molecular formula is C19H33N5O2. The number of amides is 1. The van der Waals surface area contributed by atoms with E-state index in [-0.39, 0.29) is 11.8 Å². The van der Waals surface area contributed by atoms with Gasteiger partial charge >= 0.3 is 0 Å². The first-order valence-corrected chi connectivity index (χ1v) is 9.86. The van der Waals surface area contributed by atoms with Gasteiger partial charge in [-0.05, 0) is 45.3 Å². The average molecular weight is 364 g/mol. The molecule has 0 aromatic carbocycles. The molecule has 1 amide bonds. The second-order valence-electron chi connectivity index (χ2n) is 7.65. The molecule has 0 radical (unpaired) electrons. The normalized spacial score (nSPS) is 23.2. The standard InChI is InChI=1S/C19H33N5O2/c1-22-13-16(12-21-22)14-23-9-5-18(6-10-23)24-8-3-4-17(15-24)19(25)20-7-11-26-2/h12-13,17-18H,3-11,14-15H2,1-2H3,(H,20,25)/t17-/m1/s1. The number of carbonyl (C=O) groups excluding carboxylic acids is 1. The van der Waals surface area contributed by atoms with Crippen LogP contribution in [-0.2, 0) is 23.1 Å². The quantitative estimate of drug-likeness (QED) is 0.728. The zero-order chi connectivity index (χ0) is 18.4. The lowest BCUT2D eigenvalue weighted by Crippen LogP contribution is -2.50. The minimum atomic E-state index is 0.133. The molecule has 2 aliphatic rings. The van der Waals surface area contributed by atoms with Crippen molar-refractivity contribution < 1.29 is 9.53 Å². The fourth-order valence-electron chi connectivity index (χ4n) is 4.23. The highest BCUT2D eigenvalue weighted by Gasteiger charge is 2.31. The van der Waals surface area contributed by atoms with Gasteiger partial charge < -0.3 is 10.1 Å². The first-order chi connectivity index (χ1) is 12.7. The molecule has 26 heavy (non-hydrogen) atoms. The van der Waals surface area contributed by atoms with Gasteiger partial charge in [-0.2, -0.15) is 5.10 Å². The van der Waals surface area contributed by atoms with E-state index in [4.69, 9.17) is 4.74 Å². The Kier molecular flexibility index (Phi) is 7.05. The number of aromatic nitrogens is 2. The van der Waals surface area contributed by atoms with Crippen LogP contribution < -0.4 is 5.32 Å². The van der Waals surface area contributed by atoms with Crippen LogP contribution in [0.1, 0.15) is 31.2 Å². The lowest BCUT2D eigenvalue weighted by molar-refractivity contribution is -0.127. The van der Waals surface area contributed by atoms with E-state index in [1.807, 2.05) is 17.9 Å². The number of likely N-dealkylation sites (tertiary alicyclic amines) is 2. The molecule has 0 unspecified atom stereocenters. The first-order valence-electron chi connectivity index (χ1n) is 9.86. The summed E-state index contributed by atoms with van der Waals surface area (Å²) in [5, 5.41) is 7.26. The third kappa shape index (κ3) is 5.28. The molecule has 1 N–H and O–H groups in total. The third-order valence-corrected chi connectivity index (χ3v) is 5.67. The Balaban J connectivity index is 1.42. The molecule has 0 saturated carbocycles. The highest BCUT2D eigenvalue weighted by molar-refractivity contribution is 5.78. The van der Waals surface area contributed by atoms with Crippen LogP contribution in [0, 0.1) is 5.92 Å². The summed E-state index contributed by atoms with van der Waals surface area (Å²) in [6.07, 6.45) is 8.58. The average Bonchev–Trinajstić information content (AvgIpc) is 3.07. The van der Waals surface area contributed by atoms with Crippen molar-refractivity contribution in [1.82, 2.24) is 24.9 Å². The van der Waals surface area contributed by atoms with Crippen molar-refractivity contribution in [3.05, 3.63) is 18.0 Å². The van der Waals surface area contributed by atoms with Gasteiger partial charge in [0.1, 0.15) is 0 Å². The summed E-state index contributed by atoms with van der Waals surface area (Å²) in [5.74, 6) is 0.329. The lowest BCUT2D eigenvalue weighted by atomic mass is 9.93. The summed E-state index contributed by atoms with van der Waals surface area (Å²) in [4.78, 5) is 17.4. The molecule has 1 aromatic rings. The highest BCUT2D eigenvalue weighted by Crippen LogP contribution is 2.24. The fourth-order valence-corrected chi connectivity index (χ4v) is 4.23. The van der Waals surface area contributed by atoms with Crippen LogP contribution in [-0.4, -0.2) is 78.0 Å². The third-order valence-electron chi connectivity index (χ3n) is 5.67. The van der Waals surface area contributed by atoms with E-state index in [9.17, 15) is 4.79 Å². The summed E-state index contributed by atoms with van der Waals surface area (Å²) in [7, 11) is 3.63. The number of aryl methyl sites for hydroxylation is 1. The topological polar surface area (TPSA) is 62.6 Å². The van der Waals surface area contributed by atoms with Gasteiger partial charge in [0.15, 0.2) is 0 Å². The summed E-state index contributed by atoms with van der Waals surface area (Å²) in [5.41, 5.74) is 1.29. The number of nitrogens with zero attached hydrogens (tertiary/aromatic N) is 4. The molecule has 7 nitrogen and oxygen atoms in total. The van der Waals surface area contributed by atoms with E-state index in [1.54, 1.807) is 7.11 Å². The Morgan fingerprint density at radius 3 is 2.81 bits per heavy atom. The van der Waals surface area contributed by atoms with E-state index < -0.39 is 0 Å². The summed E-state index contributed by atoms with van der Waals surface area (Å²) in [6, 6.07) is 0.620. The van der Waals surface area contributed by atoms with E-state index in [0.29, 0.717) is 19.2 Å². The molecule has 1 aromatic heterocycles. The van der Waals surface area contributed by atoms with Crippen molar-refractivity contribution in [2.24, 2.45) is 13.0 Å². The van der Waals surface area contributed by atoms with Crippen molar-refractivity contribution in [3.8, 4) is 0 Å². The van der Waals surface area contributed by atoms with Crippen LogP contribution in [0.5, 0.6) is 0 Å². The van der Waals surface area contributed by atoms with Crippen molar-refractivity contribution in [2.45, 2.75) is 38.3 Å². The monoisotopic (exact) mass is 363 g/mol. The second-order valence-corrected chi connectivity index (χ2v) is 7.65. The van der Waals surface area contributed by atoms with Gasteiger partial charge in [-0.1, -0.05) is 0 Å². The molecule has 2 aliphatic heterocycles. The van der Waals surface area contributed by atoms with E-state index in [1.165, 1.54) is 18.4 Å². The van der Waals surface area contributed by atoms with Gasteiger partial charge in [0, 0.05) is 51.6 Å². The Morgan fingerprint density at radius 1 is 1.31 bits per heavy atom. The SMILES string of the molecule is COCCNC(=O)[C@@H]1CCCN(C2CCN(Cc3cnn(C)c3)CC2)C1. The molecule has 2 saturated heterocycles. The van der Waals surface area contributed by atoms with Crippen LogP contribution in [0.4, 0.5) is 0 Å². The molecule has 0 bridgehead atoms. The molecule has 0 aliphatic carbocycles. The van der Waals surface area contributed by atoms with Crippen LogP contribution in [0.2, 0.25) is 0 Å². The molecule has 2 fully saturated rings. The van der Waals surface area contributed by atoms with Gasteiger partial charge in [0.2, 0.25) is 5.91 Å². The number of nitrogens with one attached hydrogen (secondary N) is 1. The van der Waals surface area contributed by atoms with Gasteiger partial charge in [-0.25, -0.2) is 0 Å². The number of carbonyl (C=O) groups is 1. The van der Waals surface area contributed by atoms with Gasteiger partial charge in [0.25, 0.3) is 0 Å². The number of hydrogen-bond donors (Lipinski definition) is 1. The zero-order valence-electron chi connectivity index (χ0n) is 16.2. The molecule has 3 rings (SSSR count). The molecular weight excluding hydrogens is 330 g/mol. The number of rotatable bonds is 7. The van der Waals surface area contributed by atoms with E-state index >= 15 is 0 Å². The number of hydrogen-bond acceptors (Lipinski definition) is 5. The van der Waals surface area contributed by atoms with Gasteiger partial charge in [0.05, 0.1) is 18.7 Å². The van der Waals surface area contributed by atoms with Crippen molar-refractivity contribution in [2.75, 3.05) is 46.4 Å². The van der Waals surface area contributed by atoms with Crippen molar-refractivity contribution >= 4 is 5.91 Å². The Labute approximate surface area is 156 Å². The molecule has 7 heteroatoms. The van der Waals surface area contributed by atoms with E-state index in [0.717, 1.165) is 45.6 Å². The maximum absolute atomic E-state index is 12.3. The smallest absolute Gasteiger partial charge is 0.224 e. The number of piperidine rings is 2. The summed E-state index contributed by atoms with van der Waals surface area (Å²) in [6.45, 7) is 6.48. The number of methoxy groups -OCH3 is 1. The molecule has 3 heterocycles. The van der Waals surface area contributed by atoms with Crippen molar-refractivity contribution in [1.29, 1.82) is 0 Å². The largest absolute Gasteiger partial charge is 0.383 e. The lowest BCUT2D eigenvalue weighted by Gasteiger charge is -2.42. The highest BCUT2D eigenvalue weighted by atomic mass is 16.5. The van der Waals surface area contributed by atoms with E-state index in [2.05, 4.69) is 26.4 Å². The number of ether oxygens (including phenoxy) is 1. The molecule has 1 atom stereocenters. The molecule has 0 spiro atoms. The van der Waals surface area contributed by atoms with Crippen LogP contribution in [0.25, 0.3) is 0 Å². The van der Waals surface area contributed by atoms with Crippen LogP contribution in [0.3, 0.4) is 0 Å². The van der Waals surface area contributed by atoms with Gasteiger partial charge in [-0.15, -0.1) is 0 Å². The van der Waals surface area contributed by atoms with Gasteiger partial charge in [-0.3, -0.25) is 19.3 Å². The maximum Gasteiger partial charge on any atom is 0.224 e. The maximum atomic E-state index is 12.3.